The topological polar surface area (TPSA) is 29.3 Å². The molecule has 1 aromatic carbocycles. The number of rotatable bonds is 6. The third kappa shape index (κ3) is 4.32. The van der Waals surface area contributed by atoms with E-state index < -0.39 is 0 Å². The molecule has 1 fully saturated rings. The molecule has 1 heterocycles. The van der Waals surface area contributed by atoms with Gasteiger partial charge in [-0.3, -0.25) is 0 Å². The summed E-state index contributed by atoms with van der Waals surface area (Å²) in [5.74, 6) is 0.955. The maximum atomic E-state index is 6.37. The summed E-state index contributed by atoms with van der Waals surface area (Å²) in [4.78, 5) is 2.55. The van der Waals surface area contributed by atoms with Gasteiger partial charge in [-0.15, -0.1) is 0 Å². The van der Waals surface area contributed by atoms with Crippen LogP contribution in [0.1, 0.15) is 56.7 Å². The number of nitrogens with two attached hydrogens (primary N) is 1. The number of likely N-dealkylation sites (tertiary alicyclic amines) is 1. The first-order chi connectivity index (χ1) is 9.72. The van der Waals surface area contributed by atoms with Crippen molar-refractivity contribution in [1.29, 1.82) is 0 Å². The van der Waals surface area contributed by atoms with E-state index in [0.29, 0.717) is 0 Å². The minimum Gasteiger partial charge on any atom is -0.323 e. The highest BCUT2D eigenvalue weighted by Gasteiger charge is 2.20. The van der Waals surface area contributed by atoms with Crippen LogP contribution >= 0.6 is 0 Å². The fraction of sp³-hybridized carbons (Fsp3) is 0.667. The predicted molar refractivity (Wildman–Crippen MR) is 86.8 cm³/mol. The van der Waals surface area contributed by atoms with Crippen molar-refractivity contribution in [3.8, 4) is 0 Å². The SMILES string of the molecule is CCCC1CCN(CC(N)c2ccc(CC)cc2)CC1. The van der Waals surface area contributed by atoms with Crippen LogP contribution in [0.5, 0.6) is 0 Å². The molecule has 0 amide bonds. The van der Waals surface area contributed by atoms with Crippen LogP contribution in [0.4, 0.5) is 0 Å². The quantitative estimate of drug-likeness (QED) is 0.856. The Hall–Kier alpha value is -0.860. The Bertz CT molecular complexity index is 377. The number of hydrogen-bond donors (Lipinski definition) is 1. The molecule has 0 radical (unpaired) electrons. The van der Waals surface area contributed by atoms with Gasteiger partial charge in [-0.05, 0) is 49.4 Å². The standard InChI is InChI=1S/C18H30N2/c1-3-5-16-10-12-20(13-11-16)14-18(19)17-8-6-15(4-2)7-9-17/h6-9,16,18H,3-5,10-14,19H2,1-2H3. The molecule has 0 saturated carbocycles. The monoisotopic (exact) mass is 274 g/mol. The molecule has 2 heteroatoms. The van der Waals surface area contributed by atoms with E-state index in [4.69, 9.17) is 5.73 Å². The second-order valence-electron chi connectivity index (χ2n) is 6.23. The zero-order valence-electron chi connectivity index (χ0n) is 13.1. The smallest absolute Gasteiger partial charge is 0.0424 e. The van der Waals surface area contributed by atoms with E-state index >= 15 is 0 Å². The molecule has 20 heavy (non-hydrogen) atoms. The number of piperidine rings is 1. The van der Waals surface area contributed by atoms with Crippen LogP contribution < -0.4 is 5.73 Å². The van der Waals surface area contributed by atoms with E-state index in [1.807, 2.05) is 0 Å². The van der Waals surface area contributed by atoms with Crippen LogP contribution in [0, 0.1) is 5.92 Å². The third-order valence-electron chi connectivity index (χ3n) is 4.68. The lowest BCUT2D eigenvalue weighted by atomic mass is 9.92. The molecule has 1 unspecified atom stereocenters. The van der Waals surface area contributed by atoms with E-state index in [1.54, 1.807) is 0 Å². The van der Waals surface area contributed by atoms with Crippen molar-refractivity contribution >= 4 is 0 Å². The molecule has 1 saturated heterocycles. The summed E-state index contributed by atoms with van der Waals surface area (Å²) in [6.45, 7) is 7.94. The summed E-state index contributed by atoms with van der Waals surface area (Å²) >= 11 is 0. The summed E-state index contributed by atoms with van der Waals surface area (Å²) in [5.41, 5.74) is 9.03. The minimum atomic E-state index is 0.156. The lowest BCUT2D eigenvalue weighted by Gasteiger charge is -2.33. The van der Waals surface area contributed by atoms with E-state index in [-0.39, 0.29) is 6.04 Å². The van der Waals surface area contributed by atoms with Crippen molar-refractivity contribution < 1.29 is 0 Å². The molecule has 112 valence electrons. The fourth-order valence-corrected chi connectivity index (χ4v) is 3.25. The normalized spacial score (nSPS) is 19.1. The Morgan fingerprint density at radius 1 is 1.15 bits per heavy atom. The highest BCUT2D eigenvalue weighted by molar-refractivity contribution is 5.25. The van der Waals surface area contributed by atoms with E-state index in [9.17, 15) is 0 Å². The molecule has 1 aliphatic rings. The van der Waals surface area contributed by atoms with Crippen molar-refractivity contribution in [2.45, 2.75) is 52.0 Å². The van der Waals surface area contributed by atoms with Crippen molar-refractivity contribution in [3.05, 3.63) is 35.4 Å². The molecule has 1 aromatic rings. The molecule has 0 spiro atoms. The van der Waals surface area contributed by atoms with Gasteiger partial charge in [0.1, 0.15) is 0 Å². The van der Waals surface area contributed by atoms with Crippen LogP contribution in [0.25, 0.3) is 0 Å². The molecule has 1 aliphatic heterocycles. The molecular formula is C18H30N2. The number of hydrogen-bond acceptors (Lipinski definition) is 2. The first-order valence-corrected chi connectivity index (χ1v) is 8.29. The number of benzene rings is 1. The van der Waals surface area contributed by atoms with Gasteiger partial charge in [-0.2, -0.15) is 0 Å². The van der Waals surface area contributed by atoms with E-state index in [0.717, 1.165) is 18.9 Å². The van der Waals surface area contributed by atoms with Gasteiger partial charge in [0.15, 0.2) is 0 Å². The average molecular weight is 274 g/mol. The Morgan fingerprint density at radius 2 is 1.80 bits per heavy atom. The van der Waals surface area contributed by atoms with Crippen LogP contribution in [-0.4, -0.2) is 24.5 Å². The van der Waals surface area contributed by atoms with Crippen molar-refractivity contribution in [1.82, 2.24) is 4.90 Å². The van der Waals surface area contributed by atoms with Crippen molar-refractivity contribution in [3.63, 3.8) is 0 Å². The molecule has 2 N–H and O–H groups in total. The zero-order valence-corrected chi connectivity index (χ0v) is 13.1. The van der Waals surface area contributed by atoms with Gasteiger partial charge in [-0.1, -0.05) is 51.0 Å². The van der Waals surface area contributed by atoms with Gasteiger partial charge in [0.25, 0.3) is 0 Å². The molecule has 1 atom stereocenters. The number of aryl methyl sites for hydroxylation is 1. The van der Waals surface area contributed by atoms with Gasteiger partial charge in [0.05, 0.1) is 0 Å². The second kappa shape index (κ2) is 7.80. The minimum absolute atomic E-state index is 0.156. The van der Waals surface area contributed by atoms with Crippen LogP contribution in [0.15, 0.2) is 24.3 Å². The van der Waals surface area contributed by atoms with Crippen molar-refractivity contribution in [2.75, 3.05) is 19.6 Å². The molecule has 0 aliphatic carbocycles. The van der Waals surface area contributed by atoms with E-state index in [2.05, 4.69) is 43.0 Å². The lowest BCUT2D eigenvalue weighted by molar-refractivity contribution is 0.170. The second-order valence-corrected chi connectivity index (χ2v) is 6.23. The zero-order chi connectivity index (χ0) is 14.4. The highest BCUT2D eigenvalue weighted by Crippen LogP contribution is 2.23. The fourth-order valence-electron chi connectivity index (χ4n) is 3.25. The maximum absolute atomic E-state index is 6.37. The Kier molecular flexibility index (Phi) is 6.06. The molecule has 0 aromatic heterocycles. The van der Waals surface area contributed by atoms with Crippen molar-refractivity contribution in [2.24, 2.45) is 11.7 Å². The Morgan fingerprint density at radius 3 is 2.35 bits per heavy atom. The van der Waals surface area contributed by atoms with Gasteiger partial charge < -0.3 is 10.6 Å². The van der Waals surface area contributed by atoms with E-state index in [1.165, 1.54) is 49.9 Å². The Labute approximate surface area is 124 Å². The van der Waals surface area contributed by atoms with Gasteiger partial charge in [0.2, 0.25) is 0 Å². The maximum Gasteiger partial charge on any atom is 0.0424 e. The largest absolute Gasteiger partial charge is 0.323 e. The lowest BCUT2D eigenvalue weighted by Crippen LogP contribution is -2.38. The van der Waals surface area contributed by atoms with Gasteiger partial charge in [-0.25, -0.2) is 0 Å². The molecule has 2 nitrogen and oxygen atoms in total. The van der Waals surface area contributed by atoms with Crippen LogP contribution in [-0.2, 0) is 6.42 Å². The summed E-state index contributed by atoms with van der Waals surface area (Å²) in [7, 11) is 0. The predicted octanol–water partition coefficient (Wildman–Crippen LogP) is 3.76. The average Bonchev–Trinajstić information content (AvgIpc) is 2.49. The first-order valence-electron chi connectivity index (χ1n) is 8.29. The molecule has 0 bridgehead atoms. The third-order valence-corrected chi connectivity index (χ3v) is 4.68. The van der Waals surface area contributed by atoms with Gasteiger partial charge >= 0.3 is 0 Å². The summed E-state index contributed by atoms with van der Waals surface area (Å²) < 4.78 is 0. The van der Waals surface area contributed by atoms with Gasteiger partial charge in [0, 0.05) is 12.6 Å². The summed E-state index contributed by atoms with van der Waals surface area (Å²) in [5, 5.41) is 0. The number of nitrogens with zero attached hydrogens (tertiary/aromatic N) is 1. The van der Waals surface area contributed by atoms with Crippen LogP contribution in [0.2, 0.25) is 0 Å². The first kappa shape index (κ1) is 15.5. The Balaban J connectivity index is 1.81. The summed E-state index contributed by atoms with van der Waals surface area (Å²) in [6, 6.07) is 8.98. The van der Waals surface area contributed by atoms with Crippen LogP contribution in [0.3, 0.4) is 0 Å². The highest BCUT2D eigenvalue weighted by atomic mass is 15.1. The molecular weight excluding hydrogens is 244 g/mol. The summed E-state index contributed by atoms with van der Waals surface area (Å²) in [6.07, 6.45) is 6.54. The molecule has 2 rings (SSSR count).